The number of esters is 1. The molecule has 84 valence electrons. The minimum absolute atomic E-state index is 0.198. The van der Waals surface area contributed by atoms with Crippen LogP contribution in [0, 0.1) is 5.92 Å². The SMILES string of the molecule is CC(C)COC(=O)CSc1n[nH]c(N)n1. The van der Waals surface area contributed by atoms with Crippen LogP contribution in [0.3, 0.4) is 0 Å². The maximum absolute atomic E-state index is 11.2. The molecule has 1 rings (SSSR count). The van der Waals surface area contributed by atoms with Crippen LogP contribution in [0.15, 0.2) is 5.16 Å². The molecule has 6 nitrogen and oxygen atoms in total. The molecule has 0 aromatic carbocycles. The summed E-state index contributed by atoms with van der Waals surface area (Å²) in [5.41, 5.74) is 5.32. The highest BCUT2D eigenvalue weighted by Crippen LogP contribution is 2.12. The van der Waals surface area contributed by atoms with Crippen LogP contribution in [-0.4, -0.2) is 33.5 Å². The molecule has 0 saturated carbocycles. The van der Waals surface area contributed by atoms with Gasteiger partial charge in [0.15, 0.2) is 0 Å². The third-order valence-corrected chi connectivity index (χ3v) is 2.20. The predicted molar refractivity (Wildman–Crippen MR) is 57.3 cm³/mol. The zero-order valence-electron chi connectivity index (χ0n) is 8.69. The quantitative estimate of drug-likeness (QED) is 0.570. The van der Waals surface area contributed by atoms with E-state index in [4.69, 9.17) is 10.5 Å². The van der Waals surface area contributed by atoms with Crippen molar-refractivity contribution < 1.29 is 9.53 Å². The molecular weight excluding hydrogens is 216 g/mol. The maximum Gasteiger partial charge on any atom is 0.316 e. The summed E-state index contributed by atoms with van der Waals surface area (Å²) in [5.74, 6) is 0.521. The number of nitrogens with zero attached hydrogens (tertiary/aromatic N) is 2. The van der Waals surface area contributed by atoms with Gasteiger partial charge in [-0.15, -0.1) is 5.10 Å². The third-order valence-electron chi connectivity index (χ3n) is 1.38. The monoisotopic (exact) mass is 230 g/mol. The molecule has 1 aromatic heterocycles. The van der Waals surface area contributed by atoms with Crippen LogP contribution in [0.4, 0.5) is 5.95 Å². The van der Waals surface area contributed by atoms with E-state index in [1.54, 1.807) is 0 Å². The van der Waals surface area contributed by atoms with E-state index in [-0.39, 0.29) is 17.7 Å². The van der Waals surface area contributed by atoms with Crippen LogP contribution in [0.5, 0.6) is 0 Å². The molecule has 0 aliphatic rings. The van der Waals surface area contributed by atoms with Gasteiger partial charge in [0.1, 0.15) is 0 Å². The molecule has 0 aliphatic heterocycles. The van der Waals surface area contributed by atoms with Gasteiger partial charge in [-0.1, -0.05) is 25.6 Å². The molecule has 0 spiro atoms. The van der Waals surface area contributed by atoms with Gasteiger partial charge in [-0.2, -0.15) is 4.98 Å². The number of aromatic nitrogens is 3. The lowest BCUT2D eigenvalue weighted by Crippen LogP contribution is -2.11. The van der Waals surface area contributed by atoms with Gasteiger partial charge in [-0.05, 0) is 5.92 Å². The maximum atomic E-state index is 11.2. The summed E-state index contributed by atoms with van der Waals surface area (Å²) in [4.78, 5) is 15.0. The molecule has 0 saturated heterocycles. The van der Waals surface area contributed by atoms with E-state index in [9.17, 15) is 4.79 Å². The van der Waals surface area contributed by atoms with E-state index in [1.807, 2.05) is 13.8 Å². The third kappa shape index (κ3) is 4.68. The normalized spacial score (nSPS) is 10.6. The molecule has 0 unspecified atom stereocenters. The summed E-state index contributed by atoms with van der Waals surface area (Å²) in [6, 6.07) is 0. The Morgan fingerprint density at radius 1 is 1.67 bits per heavy atom. The Hall–Kier alpha value is -1.24. The number of nitrogens with two attached hydrogens (primary N) is 1. The number of hydrogen-bond donors (Lipinski definition) is 2. The van der Waals surface area contributed by atoms with E-state index >= 15 is 0 Å². The lowest BCUT2D eigenvalue weighted by molar-refractivity contribution is -0.141. The second kappa shape index (κ2) is 5.59. The Morgan fingerprint density at radius 3 is 2.93 bits per heavy atom. The number of nitrogens with one attached hydrogen (secondary N) is 1. The van der Waals surface area contributed by atoms with Gasteiger partial charge in [0.25, 0.3) is 0 Å². The summed E-state index contributed by atoms with van der Waals surface area (Å²) in [6.45, 7) is 4.41. The molecule has 3 N–H and O–H groups in total. The van der Waals surface area contributed by atoms with Crippen LogP contribution in [0.1, 0.15) is 13.8 Å². The number of carbonyl (C=O) groups excluding carboxylic acids is 1. The number of ether oxygens (including phenoxy) is 1. The second-order valence-corrected chi connectivity index (χ2v) is 4.31. The van der Waals surface area contributed by atoms with E-state index < -0.39 is 0 Å². The van der Waals surface area contributed by atoms with Crippen LogP contribution in [0.2, 0.25) is 0 Å². The molecule has 15 heavy (non-hydrogen) atoms. The van der Waals surface area contributed by atoms with E-state index in [2.05, 4.69) is 15.2 Å². The minimum atomic E-state index is -0.267. The number of anilines is 1. The summed E-state index contributed by atoms with van der Waals surface area (Å²) in [6.07, 6.45) is 0. The first-order valence-electron chi connectivity index (χ1n) is 4.54. The topological polar surface area (TPSA) is 93.9 Å². The smallest absolute Gasteiger partial charge is 0.316 e. The van der Waals surface area contributed by atoms with Crippen molar-refractivity contribution in [1.29, 1.82) is 0 Å². The molecule has 0 bridgehead atoms. The van der Waals surface area contributed by atoms with Crippen molar-refractivity contribution in [1.82, 2.24) is 15.2 Å². The minimum Gasteiger partial charge on any atom is -0.465 e. The van der Waals surface area contributed by atoms with Gasteiger partial charge in [-0.25, -0.2) is 5.10 Å². The number of rotatable bonds is 5. The molecule has 7 heteroatoms. The van der Waals surface area contributed by atoms with E-state index in [0.29, 0.717) is 17.7 Å². The predicted octanol–water partition coefficient (Wildman–Crippen LogP) is 0.678. The van der Waals surface area contributed by atoms with Crippen LogP contribution >= 0.6 is 11.8 Å². The second-order valence-electron chi connectivity index (χ2n) is 3.37. The largest absolute Gasteiger partial charge is 0.465 e. The zero-order valence-corrected chi connectivity index (χ0v) is 9.50. The Labute approximate surface area is 92.0 Å². The first-order chi connectivity index (χ1) is 7.08. The van der Waals surface area contributed by atoms with Gasteiger partial charge in [0.2, 0.25) is 11.1 Å². The fourth-order valence-electron chi connectivity index (χ4n) is 0.747. The van der Waals surface area contributed by atoms with Crippen LogP contribution in [0.25, 0.3) is 0 Å². The zero-order chi connectivity index (χ0) is 11.3. The summed E-state index contributed by atoms with van der Waals surface area (Å²) in [5, 5.41) is 6.72. The number of H-pyrrole nitrogens is 1. The first kappa shape index (κ1) is 11.8. The Bertz CT molecular complexity index is 326. The fraction of sp³-hybridized carbons (Fsp3) is 0.625. The van der Waals surface area contributed by atoms with Crippen molar-refractivity contribution in [2.24, 2.45) is 5.92 Å². The molecule has 1 heterocycles. The summed E-state index contributed by atoms with van der Waals surface area (Å²) < 4.78 is 4.98. The van der Waals surface area contributed by atoms with Gasteiger partial charge >= 0.3 is 5.97 Å². The molecule has 0 amide bonds. The average Bonchev–Trinajstić information content (AvgIpc) is 2.58. The van der Waals surface area contributed by atoms with Gasteiger partial charge in [0, 0.05) is 0 Å². The Balaban J connectivity index is 2.22. The summed E-state index contributed by atoms with van der Waals surface area (Å²) in [7, 11) is 0. The molecule has 0 atom stereocenters. The van der Waals surface area contributed by atoms with Crippen molar-refractivity contribution in [3.05, 3.63) is 0 Å². The van der Waals surface area contributed by atoms with Crippen molar-refractivity contribution in [2.45, 2.75) is 19.0 Å². The highest BCUT2D eigenvalue weighted by Gasteiger charge is 2.08. The van der Waals surface area contributed by atoms with Crippen molar-refractivity contribution in [3.8, 4) is 0 Å². The van der Waals surface area contributed by atoms with Gasteiger partial charge < -0.3 is 10.5 Å². The number of nitrogen functional groups attached to an aromatic ring is 1. The number of carbonyl (C=O) groups is 1. The lowest BCUT2D eigenvalue weighted by atomic mass is 10.2. The molecule has 0 radical (unpaired) electrons. The van der Waals surface area contributed by atoms with Crippen molar-refractivity contribution in [3.63, 3.8) is 0 Å². The van der Waals surface area contributed by atoms with Crippen LogP contribution < -0.4 is 5.73 Å². The molecular formula is C8H14N4O2S. The van der Waals surface area contributed by atoms with Crippen molar-refractivity contribution in [2.75, 3.05) is 18.1 Å². The number of hydrogen-bond acceptors (Lipinski definition) is 6. The van der Waals surface area contributed by atoms with Crippen molar-refractivity contribution >= 4 is 23.7 Å². The highest BCUT2D eigenvalue weighted by molar-refractivity contribution is 7.99. The molecule has 0 aliphatic carbocycles. The average molecular weight is 230 g/mol. The van der Waals surface area contributed by atoms with E-state index in [1.165, 1.54) is 11.8 Å². The van der Waals surface area contributed by atoms with E-state index in [0.717, 1.165) is 0 Å². The molecule has 0 fully saturated rings. The number of thioether (sulfide) groups is 1. The highest BCUT2D eigenvalue weighted by atomic mass is 32.2. The van der Waals surface area contributed by atoms with Gasteiger partial charge in [0.05, 0.1) is 12.4 Å². The Morgan fingerprint density at radius 2 is 2.40 bits per heavy atom. The first-order valence-corrected chi connectivity index (χ1v) is 5.52. The van der Waals surface area contributed by atoms with Crippen LogP contribution in [-0.2, 0) is 9.53 Å². The fourth-order valence-corrected chi connectivity index (χ4v) is 1.35. The number of aromatic amines is 1. The Kier molecular flexibility index (Phi) is 4.41. The lowest BCUT2D eigenvalue weighted by Gasteiger charge is -2.05. The van der Waals surface area contributed by atoms with Gasteiger partial charge in [-0.3, -0.25) is 4.79 Å². The summed E-state index contributed by atoms with van der Waals surface area (Å²) >= 11 is 1.19. The molecule has 1 aromatic rings. The standard InChI is InChI=1S/C8H14N4O2S/c1-5(2)3-14-6(13)4-15-8-10-7(9)11-12-8/h5H,3-4H2,1-2H3,(H3,9,10,11,12).